The predicted octanol–water partition coefficient (Wildman–Crippen LogP) is 2.61. The highest BCUT2D eigenvalue weighted by Crippen LogP contribution is 2.35. The van der Waals surface area contributed by atoms with Crippen LogP contribution in [0.15, 0.2) is 58.1 Å². The molecule has 2 aromatic carbocycles. The van der Waals surface area contributed by atoms with E-state index in [2.05, 4.69) is 21.0 Å². The van der Waals surface area contributed by atoms with Gasteiger partial charge >= 0.3 is 5.69 Å². The van der Waals surface area contributed by atoms with Gasteiger partial charge in [-0.1, -0.05) is 30.3 Å². The Labute approximate surface area is 187 Å². The maximum Gasteiger partial charge on any atom is 0.330 e. The third-order valence-electron chi connectivity index (χ3n) is 5.99. The van der Waals surface area contributed by atoms with Crippen LogP contribution >= 0.6 is 0 Å². The number of benzene rings is 2. The van der Waals surface area contributed by atoms with Crippen molar-refractivity contribution in [3.8, 4) is 6.07 Å². The summed E-state index contributed by atoms with van der Waals surface area (Å²) in [4.78, 5) is 40.6. The van der Waals surface area contributed by atoms with E-state index >= 15 is 0 Å². The van der Waals surface area contributed by atoms with Gasteiger partial charge in [0.1, 0.15) is 11.6 Å². The fourth-order valence-corrected chi connectivity index (χ4v) is 4.30. The molecule has 0 spiro atoms. The lowest BCUT2D eigenvalue weighted by atomic mass is 10.2. The summed E-state index contributed by atoms with van der Waals surface area (Å²) in [6.07, 6.45) is 2.13. The lowest BCUT2D eigenvalue weighted by molar-refractivity contribution is 0.700. The molecule has 0 bridgehead atoms. The maximum absolute atomic E-state index is 12.9. The molecule has 0 amide bonds. The third-order valence-corrected chi connectivity index (χ3v) is 5.99. The van der Waals surface area contributed by atoms with E-state index in [9.17, 15) is 9.59 Å². The van der Waals surface area contributed by atoms with Crippen LogP contribution in [-0.2, 0) is 13.0 Å². The highest BCUT2D eigenvalue weighted by molar-refractivity contribution is 5.77. The second kappa shape index (κ2) is 7.31. The van der Waals surface area contributed by atoms with Crippen molar-refractivity contribution in [2.75, 3.05) is 0 Å². The molecule has 0 atom stereocenters. The van der Waals surface area contributed by atoms with E-state index in [4.69, 9.17) is 10.2 Å². The zero-order valence-corrected chi connectivity index (χ0v) is 17.6. The zero-order valence-electron chi connectivity index (χ0n) is 17.6. The van der Waals surface area contributed by atoms with Crippen LogP contribution in [0.2, 0.25) is 0 Å². The van der Waals surface area contributed by atoms with E-state index in [-0.39, 0.29) is 6.04 Å². The summed E-state index contributed by atoms with van der Waals surface area (Å²) >= 11 is 0. The Kier molecular flexibility index (Phi) is 4.26. The first kappa shape index (κ1) is 19.3. The van der Waals surface area contributed by atoms with Gasteiger partial charge in [-0.3, -0.25) is 14.3 Å². The van der Waals surface area contributed by atoms with Gasteiger partial charge in [-0.15, -0.1) is 0 Å². The average Bonchev–Trinajstić information content (AvgIpc) is 3.47. The normalized spacial score (nSPS) is 13.5. The molecule has 1 saturated carbocycles. The molecule has 3 heterocycles. The van der Waals surface area contributed by atoms with Crippen molar-refractivity contribution in [3.63, 3.8) is 0 Å². The van der Waals surface area contributed by atoms with E-state index < -0.39 is 11.2 Å². The fourth-order valence-electron chi connectivity index (χ4n) is 4.30. The number of imidazole rings is 2. The van der Waals surface area contributed by atoms with Gasteiger partial charge < -0.3 is 9.55 Å². The van der Waals surface area contributed by atoms with Gasteiger partial charge in [-0.25, -0.2) is 14.8 Å². The van der Waals surface area contributed by atoms with Gasteiger partial charge in [0.05, 0.1) is 29.1 Å². The van der Waals surface area contributed by atoms with E-state index in [1.165, 1.54) is 0 Å². The summed E-state index contributed by atoms with van der Waals surface area (Å²) < 4.78 is 3.48. The number of aromatic nitrogens is 6. The SMILES string of the molecule is N#Cc1ccc2nc(Cc3nc4c(c(=O)[nH]c(=O)n4C4CC4)n3Cc3ccccc3)[nH]c2c1. The average molecular weight is 437 g/mol. The molecule has 9 heteroatoms. The van der Waals surface area contributed by atoms with Crippen LogP contribution in [0.25, 0.3) is 22.2 Å². The summed E-state index contributed by atoms with van der Waals surface area (Å²) in [5.41, 5.74) is 3.04. The Morgan fingerprint density at radius 3 is 2.64 bits per heavy atom. The number of rotatable bonds is 5. The van der Waals surface area contributed by atoms with Gasteiger partial charge in [0.25, 0.3) is 5.56 Å². The van der Waals surface area contributed by atoms with Crippen LogP contribution in [0, 0.1) is 11.3 Å². The van der Waals surface area contributed by atoms with Gasteiger partial charge in [0, 0.05) is 12.6 Å². The van der Waals surface area contributed by atoms with Gasteiger partial charge in [-0.2, -0.15) is 5.26 Å². The van der Waals surface area contributed by atoms with Crippen molar-refractivity contribution in [3.05, 3.63) is 92.1 Å². The van der Waals surface area contributed by atoms with Crippen molar-refractivity contribution in [2.24, 2.45) is 0 Å². The minimum atomic E-state index is -0.440. The number of nitrogens with zero attached hydrogens (tertiary/aromatic N) is 5. The highest BCUT2D eigenvalue weighted by atomic mass is 16.2. The zero-order chi connectivity index (χ0) is 22.5. The third kappa shape index (κ3) is 3.32. The number of fused-ring (bicyclic) bond motifs is 2. The van der Waals surface area contributed by atoms with Crippen LogP contribution in [0.5, 0.6) is 0 Å². The fraction of sp³-hybridized carbons (Fsp3) is 0.208. The van der Waals surface area contributed by atoms with Crippen molar-refractivity contribution in [2.45, 2.75) is 31.8 Å². The Balaban J connectivity index is 1.53. The topological polar surface area (TPSA) is 125 Å². The molecular weight excluding hydrogens is 418 g/mol. The molecule has 3 aromatic heterocycles. The molecule has 6 rings (SSSR count). The van der Waals surface area contributed by atoms with Crippen LogP contribution < -0.4 is 11.2 Å². The van der Waals surface area contributed by atoms with Crippen LogP contribution in [0.4, 0.5) is 0 Å². The molecule has 0 saturated heterocycles. The van der Waals surface area contributed by atoms with Gasteiger partial charge in [0.2, 0.25) is 0 Å². The minimum Gasteiger partial charge on any atom is -0.342 e. The Hall–Kier alpha value is -4.45. The van der Waals surface area contributed by atoms with Crippen LogP contribution in [0.1, 0.15) is 41.7 Å². The first-order valence-corrected chi connectivity index (χ1v) is 10.8. The molecule has 33 heavy (non-hydrogen) atoms. The van der Waals surface area contributed by atoms with E-state index in [0.717, 1.165) is 29.4 Å². The van der Waals surface area contributed by atoms with Gasteiger partial charge in [0.15, 0.2) is 11.2 Å². The maximum atomic E-state index is 12.9. The quantitative estimate of drug-likeness (QED) is 0.437. The van der Waals surface area contributed by atoms with E-state index in [0.29, 0.717) is 41.3 Å². The first-order chi connectivity index (χ1) is 16.1. The number of nitrogens with one attached hydrogen (secondary N) is 2. The standard InChI is InChI=1S/C24H19N7O2/c25-12-15-6-9-17-18(10-15)27-19(26-17)11-20-28-22-21(30(20)13-14-4-2-1-3-5-14)23(32)29-24(33)31(22)16-7-8-16/h1-6,9-10,16H,7-8,11,13H2,(H,26,27)(H,29,32,33). The number of nitriles is 1. The van der Waals surface area contributed by atoms with Crippen LogP contribution in [0.3, 0.4) is 0 Å². The molecule has 2 N–H and O–H groups in total. The largest absolute Gasteiger partial charge is 0.342 e. The molecule has 9 nitrogen and oxygen atoms in total. The molecule has 1 aliphatic carbocycles. The van der Waals surface area contributed by atoms with Crippen molar-refractivity contribution < 1.29 is 0 Å². The first-order valence-electron chi connectivity index (χ1n) is 10.8. The summed E-state index contributed by atoms with van der Waals surface area (Å²) in [6.45, 7) is 0.442. The van der Waals surface area contributed by atoms with Crippen molar-refractivity contribution >= 4 is 22.2 Å². The molecule has 0 radical (unpaired) electrons. The molecule has 1 fully saturated rings. The highest BCUT2D eigenvalue weighted by Gasteiger charge is 2.30. The van der Waals surface area contributed by atoms with Crippen molar-refractivity contribution in [1.82, 2.24) is 29.1 Å². The molecule has 5 aromatic rings. The molecule has 0 aliphatic heterocycles. The molecular formula is C24H19N7O2. The number of hydrogen-bond acceptors (Lipinski definition) is 5. The summed E-state index contributed by atoms with van der Waals surface area (Å²) in [5, 5.41) is 9.16. The van der Waals surface area contributed by atoms with Crippen molar-refractivity contribution in [1.29, 1.82) is 5.26 Å². The Morgan fingerprint density at radius 1 is 1.06 bits per heavy atom. The Morgan fingerprint density at radius 2 is 1.88 bits per heavy atom. The van der Waals surface area contributed by atoms with Gasteiger partial charge in [-0.05, 0) is 36.6 Å². The molecule has 1 aliphatic rings. The lowest BCUT2D eigenvalue weighted by Crippen LogP contribution is -2.30. The number of hydrogen-bond donors (Lipinski definition) is 2. The van der Waals surface area contributed by atoms with E-state index in [1.54, 1.807) is 22.8 Å². The predicted molar refractivity (Wildman–Crippen MR) is 122 cm³/mol. The monoisotopic (exact) mass is 437 g/mol. The second-order valence-electron chi connectivity index (χ2n) is 8.34. The Bertz CT molecular complexity index is 1680. The molecule has 162 valence electrons. The van der Waals surface area contributed by atoms with E-state index in [1.807, 2.05) is 34.9 Å². The summed E-state index contributed by atoms with van der Waals surface area (Å²) in [6, 6.07) is 17.3. The number of aromatic amines is 2. The van der Waals surface area contributed by atoms with Crippen LogP contribution in [-0.4, -0.2) is 29.1 Å². The summed E-state index contributed by atoms with van der Waals surface area (Å²) in [7, 11) is 0. The lowest BCUT2D eigenvalue weighted by Gasteiger charge is -2.09. The minimum absolute atomic E-state index is 0.0698. The second-order valence-corrected chi connectivity index (χ2v) is 8.34. The smallest absolute Gasteiger partial charge is 0.330 e. The number of H-pyrrole nitrogens is 2. The summed E-state index contributed by atoms with van der Waals surface area (Å²) in [5.74, 6) is 1.31. The molecule has 0 unspecified atom stereocenters.